The van der Waals surface area contributed by atoms with Crippen LogP contribution in [0.1, 0.15) is 26.0 Å². The predicted molar refractivity (Wildman–Crippen MR) is 108 cm³/mol. The van der Waals surface area contributed by atoms with Crippen LogP contribution >= 0.6 is 36.4 Å². The van der Waals surface area contributed by atoms with Gasteiger partial charge in [-0.25, -0.2) is 0 Å². The van der Waals surface area contributed by atoms with Crippen molar-refractivity contribution in [2.75, 3.05) is 26.2 Å². The van der Waals surface area contributed by atoms with Crippen molar-refractivity contribution in [3.63, 3.8) is 0 Å². The second kappa shape index (κ2) is 12.6. The zero-order valence-corrected chi connectivity index (χ0v) is 16.6. The maximum absolute atomic E-state index is 5.90. The van der Waals surface area contributed by atoms with Gasteiger partial charge in [0.2, 0.25) is 0 Å². The number of hydrogen-bond donors (Lipinski definition) is 1. The molecule has 0 spiro atoms. The molecule has 1 aromatic heterocycles. The Kier molecular flexibility index (Phi) is 12.3. The number of nitrogens with one attached hydrogen (secondary N) is 1. The van der Waals surface area contributed by atoms with Crippen molar-refractivity contribution in [1.82, 2.24) is 10.2 Å². The number of nitrogens with zero attached hydrogens (tertiary/aromatic N) is 1. The fourth-order valence-corrected chi connectivity index (χ4v) is 2.55. The van der Waals surface area contributed by atoms with Crippen molar-refractivity contribution in [2.45, 2.75) is 26.8 Å². The highest BCUT2D eigenvalue weighted by Gasteiger charge is 2.05. The molecule has 6 heteroatoms. The van der Waals surface area contributed by atoms with E-state index in [0.29, 0.717) is 0 Å². The quantitative estimate of drug-likeness (QED) is 0.589. The van der Waals surface area contributed by atoms with Crippen LogP contribution < -0.4 is 5.32 Å². The lowest BCUT2D eigenvalue weighted by atomic mass is 10.2. The Morgan fingerprint density at radius 3 is 2.29 bits per heavy atom. The van der Waals surface area contributed by atoms with E-state index in [0.717, 1.165) is 61.3 Å². The summed E-state index contributed by atoms with van der Waals surface area (Å²) in [4.78, 5) is 2.44. The van der Waals surface area contributed by atoms with Gasteiger partial charge < -0.3 is 14.6 Å². The van der Waals surface area contributed by atoms with Gasteiger partial charge in [0.15, 0.2) is 0 Å². The molecule has 24 heavy (non-hydrogen) atoms. The van der Waals surface area contributed by atoms with Gasteiger partial charge in [-0.2, -0.15) is 0 Å². The van der Waals surface area contributed by atoms with Gasteiger partial charge in [-0.3, -0.25) is 0 Å². The molecule has 0 aliphatic heterocycles. The molecule has 1 heterocycles. The Balaban J connectivity index is 0.00000264. The Bertz CT molecular complexity index is 554. The van der Waals surface area contributed by atoms with Crippen molar-refractivity contribution >= 4 is 36.4 Å². The largest absolute Gasteiger partial charge is 0.460 e. The van der Waals surface area contributed by atoms with E-state index >= 15 is 0 Å². The summed E-state index contributed by atoms with van der Waals surface area (Å²) < 4.78 is 5.86. The molecule has 2 aromatic rings. The number of rotatable bonds is 9. The first-order chi connectivity index (χ1) is 10.7. The van der Waals surface area contributed by atoms with Crippen LogP contribution in [0.3, 0.4) is 0 Å². The molecule has 0 saturated carbocycles. The maximum Gasteiger partial charge on any atom is 0.134 e. The molecule has 0 fully saturated rings. The Morgan fingerprint density at radius 1 is 1.00 bits per heavy atom. The van der Waals surface area contributed by atoms with Gasteiger partial charge in [-0.05, 0) is 69.0 Å². The Labute approximate surface area is 162 Å². The predicted octanol–water partition coefficient (Wildman–Crippen LogP) is 5.27. The van der Waals surface area contributed by atoms with Crippen molar-refractivity contribution in [3.05, 3.63) is 47.2 Å². The van der Waals surface area contributed by atoms with Crippen LogP contribution in [0.5, 0.6) is 0 Å². The fraction of sp³-hybridized carbons (Fsp3) is 0.444. The van der Waals surface area contributed by atoms with Crippen molar-refractivity contribution in [3.8, 4) is 11.3 Å². The first kappa shape index (κ1) is 23.3. The minimum absolute atomic E-state index is 0. The summed E-state index contributed by atoms with van der Waals surface area (Å²) in [6.45, 7) is 9.59. The summed E-state index contributed by atoms with van der Waals surface area (Å²) in [5.41, 5.74) is 1.05. The lowest BCUT2D eigenvalue weighted by Crippen LogP contribution is -2.27. The molecule has 1 aromatic carbocycles. The molecular formula is C18H27Cl3N2O. The van der Waals surface area contributed by atoms with Crippen LogP contribution in [0.2, 0.25) is 5.02 Å². The van der Waals surface area contributed by atoms with E-state index in [1.54, 1.807) is 0 Å². The summed E-state index contributed by atoms with van der Waals surface area (Å²) in [6.07, 6.45) is 1.16. The van der Waals surface area contributed by atoms with Crippen LogP contribution in [0, 0.1) is 0 Å². The van der Waals surface area contributed by atoms with Gasteiger partial charge in [-0.1, -0.05) is 25.4 Å². The Hall–Kier alpha value is -0.710. The van der Waals surface area contributed by atoms with Gasteiger partial charge in [0.25, 0.3) is 0 Å². The van der Waals surface area contributed by atoms with Crippen molar-refractivity contribution in [1.29, 1.82) is 0 Å². The Morgan fingerprint density at radius 2 is 1.67 bits per heavy atom. The molecule has 2 rings (SSSR count). The molecule has 0 bridgehead atoms. The highest BCUT2D eigenvalue weighted by molar-refractivity contribution is 6.30. The van der Waals surface area contributed by atoms with Crippen molar-refractivity contribution < 1.29 is 4.42 Å². The number of hydrogen-bond acceptors (Lipinski definition) is 3. The molecular weight excluding hydrogens is 367 g/mol. The van der Waals surface area contributed by atoms with E-state index in [9.17, 15) is 0 Å². The second-order valence-electron chi connectivity index (χ2n) is 5.33. The highest BCUT2D eigenvalue weighted by atomic mass is 35.5. The van der Waals surface area contributed by atoms with Gasteiger partial charge in [0, 0.05) is 10.6 Å². The van der Waals surface area contributed by atoms with Gasteiger partial charge >= 0.3 is 0 Å². The van der Waals surface area contributed by atoms with E-state index in [1.807, 2.05) is 36.4 Å². The first-order valence-corrected chi connectivity index (χ1v) is 8.38. The molecule has 136 valence electrons. The van der Waals surface area contributed by atoms with E-state index in [2.05, 4.69) is 24.1 Å². The van der Waals surface area contributed by atoms with E-state index in [4.69, 9.17) is 16.0 Å². The highest BCUT2D eigenvalue weighted by Crippen LogP contribution is 2.23. The standard InChI is InChI=1S/C18H25ClN2O.2ClH/c1-3-21(4-2)13-5-12-20-14-17-10-11-18(22-17)15-6-8-16(19)9-7-15;;/h6-11,20H,3-5,12-14H2,1-2H3;2*1H. The monoisotopic (exact) mass is 392 g/mol. The average molecular weight is 394 g/mol. The molecule has 0 saturated heterocycles. The summed E-state index contributed by atoms with van der Waals surface area (Å²) in [7, 11) is 0. The lowest BCUT2D eigenvalue weighted by Gasteiger charge is -2.17. The summed E-state index contributed by atoms with van der Waals surface area (Å²) in [5, 5.41) is 4.18. The smallest absolute Gasteiger partial charge is 0.134 e. The van der Waals surface area contributed by atoms with Crippen molar-refractivity contribution in [2.24, 2.45) is 0 Å². The van der Waals surface area contributed by atoms with Crippen LogP contribution in [-0.2, 0) is 6.54 Å². The zero-order chi connectivity index (χ0) is 15.8. The van der Waals surface area contributed by atoms with Crippen LogP contribution in [0.25, 0.3) is 11.3 Å². The molecule has 0 amide bonds. The molecule has 1 N–H and O–H groups in total. The third-order valence-corrected chi connectivity index (χ3v) is 4.06. The molecule has 0 aliphatic carbocycles. The zero-order valence-electron chi connectivity index (χ0n) is 14.3. The topological polar surface area (TPSA) is 28.4 Å². The third kappa shape index (κ3) is 7.45. The number of benzene rings is 1. The molecule has 0 atom stereocenters. The summed E-state index contributed by atoms with van der Waals surface area (Å²) in [6, 6.07) is 11.7. The first-order valence-electron chi connectivity index (χ1n) is 8.00. The molecule has 0 aliphatic rings. The van der Waals surface area contributed by atoms with Crippen LogP contribution in [0.4, 0.5) is 0 Å². The average Bonchev–Trinajstić information content (AvgIpc) is 3.00. The normalized spacial score (nSPS) is 10.3. The van der Waals surface area contributed by atoms with E-state index in [1.165, 1.54) is 0 Å². The third-order valence-electron chi connectivity index (χ3n) is 3.81. The minimum Gasteiger partial charge on any atom is -0.460 e. The fourth-order valence-electron chi connectivity index (χ4n) is 2.42. The molecule has 3 nitrogen and oxygen atoms in total. The van der Waals surface area contributed by atoms with Gasteiger partial charge in [0.05, 0.1) is 6.54 Å². The minimum atomic E-state index is 0. The van der Waals surface area contributed by atoms with Crippen LogP contribution in [-0.4, -0.2) is 31.1 Å². The van der Waals surface area contributed by atoms with Gasteiger partial charge in [-0.15, -0.1) is 24.8 Å². The number of furan rings is 1. The molecule has 0 radical (unpaired) electrons. The number of halogens is 3. The van der Waals surface area contributed by atoms with Crippen LogP contribution in [0.15, 0.2) is 40.8 Å². The van der Waals surface area contributed by atoms with E-state index in [-0.39, 0.29) is 24.8 Å². The summed E-state index contributed by atoms with van der Waals surface area (Å²) in [5.74, 6) is 1.85. The second-order valence-corrected chi connectivity index (χ2v) is 5.77. The molecule has 0 unspecified atom stereocenters. The summed E-state index contributed by atoms with van der Waals surface area (Å²) >= 11 is 5.90. The lowest BCUT2D eigenvalue weighted by molar-refractivity contribution is 0.297. The van der Waals surface area contributed by atoms with E-state index < -0.39 is 0 Å². The SMILES string of the molecule is CCN(CC)CCCNCc1ccc(-c2ccc(Cl)cc2)o1.Cl.Cl. The maximum atomic E-state index is 5.90. The van der Waals surface area contributed by atoms with Gasteiger partial charge in [0.1, 0.15) is 11.5 Å².